The van der Waals surface area contributed by atoms with Crippen LogP contribution in [0.3, 0.4) is 0 Å². The van der Waals surface area contributed by atoms with E-state index in [1.807, 2.05) is 0 Å². The molecule has 2 aliphatic rings. The molecule has 0 radical (unpaired) electrons. The normalized spacial score (nSPS) is 18.2. The second kappa shape index (κ2) is 8.54. The molecule has 1 atom stereocenters. The highest BCUT2D eigenvalue weighted by atomic mass is 19.1. The first kappa shape index (κ1) is 22.1. The number of rotatable bonds is 5. The van der Waals surface area contributed by atoms with Crippen LogP contribution in [-0.4, -0.2) is 52.0 Å². The summed E-state index contributed by atoms with van der Waals surface area (Å²) < 4.78 is 38.8. The molecule has 0 unspecified atom stereocenters. The molecule has 1 amide bonds. The maximum Gasteiger partial charge on any atom is 0.414 e. The van der Waals surface area contributed by atoms with Gasteiger partial charge in [-0.15, -0.1) is 0 Å². The number of carbonyl (C=O) groups excluding carboxylic acids is 2. The quantitative estimate of drug-likeness (QED) is 0.569. The van der Waals surface area contributed by atoms with E-state index in [-0.39, 0.29) is 55.3 Å². The van der Waals surface area contributed by atoms with Crippen molar-refractivity contribution < 1.29 is 23.1 Å². The summed E-state index contributed by atoms with van der Waals surface area (Å²) in [6.45, 7) is 2.63. The Labute approximate surface area is 193 Å². The van der Waals surface area contributed by atoms with Crippen molar-refractivity contribution in [2.75, 3.05) is 29.4 Å². The summed E-state index contributed by atoms with van der Waals surface area (Å²) in [5, 5.41) is 0.511. The van der Waals surface area contributed by atoms with Crippen LogP contribution in [0.4, 0.5) is 25.0 Å². The van der Waals surface area contributed by atoms with Gasteiger partial charge in [-0.1, -0.05) is 0 Å². The Kier molecular flexibility index (Phi) is 5.54. The van der Waals surface area contributed by atoms with Gasteiger partial charge in [0.2, 0.25) is 0 Å². The number of halogens is 2. The molecule has 0 bridgehead atoms. The molecule has 2 aromatic heterocycles. The van der Waals surface area contributed by atoms with Crippen molar-refractivity contribution in [3.05, 3.63) is 52.5 Å². The largest absolute Gasteiger partial charge is 0.444 e. The van der Waals surface area contributed by atoms with Gasteiger partial charge in [0.15, 0.2) is 17.3 Å². The molecule has 0 aliphatic carbocycles. The number of cyclic esters (lactones) is 1. The molecule has 2 aliphatic heterocycles. The molecule has 5 rings (SSSR count). The van der Waals surface area contributed by atoms with Crippen molar-refractivity contribution in [1.29, 1.82) is 0 Å². The van der Waals surface area contributed by atoms with Crippen LogP contribution in [0, 0.1) is 11.6 Å². The van der Waals surface area contributed by atoms with E-state index in [1.54, 1.807) is 32.6 Å². The van der Waals surface area contributed by atoms with Gasteiger partial charge in [0.1, 0.15) is 17.6 Å². The van der Waals surface area contributed by atoms with E-state index in [4.69, 9.17) is 4.74 Å². The highest BCUT2D eigenvalue weighted by Crippen LogP contribution is 2.32. The van der Waals surface area contributed by atoms with Crippen molar-refractivity contribution in [1.82, 2.24) is 14.3 Å². The van der Waals surface area contributed by atoms with E-state index >= 15 is 8.78 Å². The maximum absolute atomic E-state index is 15.2. The number of hydrogen-bond acceptors (Lipinski definition) is 6. The molecule has 0 saturated carbocycles. The van der Waals surface area contributed by atoms with Crippen LogP contribution < -0.4 is 15.4 Å². The minimum absolute atomic E-state index is 0.0221. The summed E-state index contributed by atoms with van der Waals surface area (Å²) in [7, 11) is 0. The third kappa shape index (κ3) is 3.80. The fourth-order valence-electron chi connectivity index (χ4n) is 4.60. The molecule has 9 nitrogen and oxygen atoms in total. The number of hydrogen-bond donors (Lipinski definition) is 0. The van der Waals surface area contributed by atoms with Crippen LogP contribution >= 0.6 is 0 Å². The van der Waals surface area contributed by atoms with Gasteiger partial charge >= 0.3 is 6.09 Å². The third-order valence-electron chi connectivity index (χ3n) is 6.27. The van der Waals surface area contributed by atoms with Gasteiger partial charge in [-0.2, -0.15) is 0 Å². The Hall–Kier alpha value is -3.76. The first-order valence-corrected chi connectivity index (χ1v) is 11.1. The fourth-order valence-corrected chi connectivity index (χ4v) is 4.60. The monoisotopic (exact) mass is 471 g/mol. The number of amides is 1. The van der Waals surface area contributed by atoms with Gasteiger partial charge in [-0.25, -0.2) is 23.2 Å². The lowest BCUT2D eigenvalue weighted by molar-refractivity contribution is -0.117. The third-order valence-corrected chi connectivity index (χ3v) is 6.27. The SMILES string of the molecule is CC(=O)CC[C@H]1CN(c2cc(F)c(N3CCn4c(=O)c5cccnc5n4CC3)c(F)c2)C(=O)O1. The average Bonchev–Trinajstić information content (AvgIpc) is 3.20. The number of nitrogens with zero attached hydrogens (tertiary/aromatic N) is 5. The van der Waals surface area contributed by atoms with Crippen LogP contribution in [0.2, 0.25) is 0 Å². The minimum Gasteiger partial charge on any atom is -0.444 e. The van der Waals surface area contributed by atoms with Crippen LogP contribution in [0.5, 0.6) is 0 Å². The van der Waals surface area contributed by atoms with Gasteiger partial charge in [0.05, 0.1) is 30.7 Å². The molecule has 1 aromatic carbocycles. The second-order valence-electron chi connectivity index (χ2n) is 8.53. The number of Topliss-reactive ketones (excluding diaryl/α,β-unsaturated/α-hetero) is 1. The molecule has 11 heteroatoms. The predicted molar refractivity (Wildman–Crippen MR) is 120 cm³/mol. The van der Waals surface area contributed by atoms with Crippen LogP contribution in [0.1, 0.15) is 19.8 Å². The van der Waals surface area contributed by atoms with E-state index in [1.165, 1.54) is 11.8 Å². The number of aromatic nitrogens is 3. The maximum atomic E-state index is 15.2. The molecular formula is C23H23F2N5O4. The summed E-state index contributed by atoms with van der Waals surface area (Å²) in [4.78, 5) is 43.2. The molecule has 0 spiro atoms. The molecule has 4 heterocycles. The zero-order valence-electron chi connectivity index (χ0n) is 18.5. The fraction of sp³-hybridized carbons (Fsp3) is 0.391. The van der Waals surface area contributed by atoms with E-state index < -0.39 is 23.8 Å². The molecule has 178 valence electrons. The second-order valence-corrected chi connectivity index (χ2v) is 8.53. The summed E-state index contributed by atoms with van der Waals surface area (Å²) in [5.41, 5.74) is 0.202. The Bertz CT molecular complexity index is 1330. The number of fused-ring (bicyclic) bond motifs is 3. The van der Waals surface area contributed by atoms with Crippen molar-refractivity contribution in [2.45, 2.75) is 39.0 Å². The number of anilines is 2. The lowest BCUT2D eigenvalue weighted by Gasteiger charge is -2.24. The molecular weight excluding hydrogens is 448 g/mol. The van der Waals surface area contributed by atoms with E-state index in [0.717, 1.165) is 12.1 Å². The van der Waals surface area contributed by atoms with E-state index in [9.17, 15) is 14.4 Å². The first-order chi connectivity index (χ1) is 16.3. The van der Waals surface area contributed by atoms with Crippen molar-refractivity contribution >= 4 is 34.3 Å². The summed E-state index contributed by atoms with van der Waals surface area (Å²) >= 11 is 0. The van der Waals surface area contributed by atoms with Crippen molar-refractivity contribution in [3.8, 4) is 0 Å². The Balaban J connectivity index is 1.37. The standard InChI is InChI=1S/C23H23F2N5O4/c1-14(31)4-5-16-13-28(23(33)34-16)15-11-18(24)20(19(25)12-15)27-7-9-29-21-17(3-2-6-26-21)22(32)30(29)10-8-27/h2-3,6,11-12,16H,4-5,7-10,13H2,1H3/t16-/m0/s1. The lowest BCUT2D eigenvalue weighted by atomic mass is 10.1. The Morgan fingerprint density at radius 1 is 1.12 bits per heavy atom. The average molecular weight is 471 g/mol. The summed E-state index contributed by atoms with van der Waals surface area (Å²) in [5.74, 6) is -1.64. The smallest absolute Gasteiger partial charge is 0.414 e. The van der Waals surface area contributed by atoms with Gasteiger partial charge in [-0.3, -0.25) is 14.4 Å². The highest BCUT2D eigenvalue weighted by molar-refractivity contribution is 5.90. The first-order valence-electron chi connectivity index (χ1n) is 11.1. The highest BCUT2D eigenvalue weighted by Gasteiger charge is 2.34. The molecule has 1 fully saturated rings. The van der Waals surface area contributed by atoms with Crippen LogP contribution in [0.25, 0.3) is 11.0 Å². The number of carbonyl (C=O) groups is 2. The number of ether oxygens (including phenoxy) is 1. The van der Waals surface area contributed by atoms with Gasteiger partial charge in [0.25, 0.3) is 5.56 Å². The van der Waals surface area contributed by atoms with E-state index in [2.05, 4.69) is 4.98 Å². The zero-order chi connectivity index (χ0) is 24.0. The Morgan fingerprint density at radius 3 is 2.53 bits per heavy atom. The molecule has 0 N–H and O–H groups in total. The molecule has 3 aromatic rings. The number of ketones is 1. The van der Waals surface area contributed by atoms with Gasteiger partial charge in [0, 0.05) is 37.8 Å². The lowest BCUT2D eigenvalue weighted by Crippen LogP contribution is -2.30. The molecule has 1 saturated heterocycles. The van der Waals surface area contributed by atoms with Crippen LogP contribution in [-0.2, 0) is 22.6 Å². The van der Waals surface area contributed by atoms with Crippen molar-refractivity contribution in [2.24, 2.45) is 0 Å². The Morgan fingerprint density at radius 2 is 1.82 bits per heavy atom. The van der Waals surface area contributed by atoms with Crippen LogP contribution in [0.15, 0.2) is 35.3 Å². The molecule has 34 heavy (non-hydrogen) atoms. The van der Waals surface area contributed by atoms with Crippen molar-refractivity contribution in [3.63, 3.8) is 0 Å². The zero-order valence-corrected chi connectivity index (χ0v) is 18.5. The van der Waals surface area contributed by atoms with Gasteiger partial charge in [-0.05, 0) is 25.5 Å². The van der Waals surface area contributed by atoms with Gasteiger partial charge < -0.3 is 14.4 Å². The number of benzene rings is 1. The van der Waals surface area contributed by atoms with E-state index in [0.29, 0.717) is 24.0 Å². The predicted octanol–water partition coefficient (Wildman–Crippen LogP) is 2.69. The number of pyridine rings is 1. The summed E-state index contributed by atoms with van der Waals surface area (Å²) in [6, 6.07) is 5.64. The topological polar surface area (TPSA) is 89.7 Å². The minimum atomic E-state index is -0.808. The summed E-state index contributed by atoms with van der Waals surface area (Å²) in [6.07, 6.45) is 1.01.